The molecule has 0 aliphatic heterocycles. The molecule has 0 atom stereocenters. The van der Waals surface area contributed by atoms with Crippen LogP contribution in [0, 0.1) is 0 Å². The minimum absolute atomic E-state index is 0.0671. The second kappa shape index (κ2) is 6.64. The summed E-state index contributed by atoms with van der Waals surface area (Å²) < 4.78 is 39.6. The van der Waals surface area contributed by atoms with E-state index in [1.54, 1.807) is 0 Å². The first-order chi connectivity index (χ1) is 9.26. The first-order valence-corrected chi connectivity index (χ1v) is 5.45. The highest BCUT2D eigenvalue weighted by Crippen LogP contribution is 2.22. The van der Waals surface area contributed by atoms with Gasteiger partial charge >= 0.3 is 6.36 Å². The van der Waals surface area contributed by atoms with Crippen molar-refractivity contribution >= 4 is 11.8 Å². The Morgan fingerprint density at radius 3 is 2.15 bits per heavy atom. The summed E-state index contributed by atoms with van der Waals surface area (Å²) in [4.78, 5) is 7.65. The first-order valence-electron chi connectivity index (χ1n) is 5.45. The lowest BCUT2D eigenvalue weighted by Gasteiger charge is -2.08. The zero-order valence-corrected chi connectivity index (χ0v) is 10.4. The van der Waals surface area contributed by atoms with Crippen LogP contribution in [0.15, 0.2) is 34.3 Å². The zero-order chi connectivity index (χ0) is 15.2. The molecule has 20 heavy (non-hydrogen) atoms. The SMILES string of the molecule is NC(N)=NCC(N)=NCc1ccc(OC(F)(F)F)cc1. The summed E-state index contributed by atoms with van der Waals surface area (Å²) in [5.74, 6) is -0.176. The van der Waals surface area contributed by atoms with Crippen LogP contribution in [-0.2, 0) is 6.54 Å². The van der Waals surface area contributed by atoms with Gasteiger partial charge in [0.2, 0.25) is 0 Å². The van der Waals surface area contributed by atoms with Crippen LogP contribution in [-0.4, -0.2) is 24.7 Å². The Labute approximate surface area is 113 Å². The summed E-state index contributed by atoms with van der Waals surface area (Å²) in [5.41, 5.74) is 16.5. The number of benzene rings is 1. The van der Waals surface area contributed by atoms with Crippen LogP contribution in [0.4, 0.5) is 13.2 Å². The van der Waals surface area contributed by atoms with E-state index < -0.39 is 6.36 Å². The van der Waals surface area contributed by atoms with Crippen LogP contribution >= 0.6 is 0 Å². The van der Waals surface area contributed by atoms with Crippen LogP contribution < -0.4 is 21.9 Å². The molecule has 0 saturated carbocycles. The molecule has 0 fully saturated rings. The highest BCUT2D eigenvalue weighted by Gasteiger charge is 2.30. The molecule has 0 heterocycles. The van der Waals surface area contributed by atoms with Crippen LogP contribution in [0.25, 0.3) is 0 Å². The highest BCUT2D eigenvalue weighted by atomic mass is 19.4. The molecule has 0 aliphatic rings. The van der Waals surface area contributed by atoms with Gasteiger partial charge in [0.15, 0.2) is 5.96 Å². The summed E-state index contributed by atoms with van der Waals surface area (Å²) >= 11 is 0. The van der Waals surface area contributed by atoms with Crippen molar-refractivity contribution in [2.24, 2.45) is 27.2 Å². The van der Waals surface area contributed by atoms with Crippen LogP contribution in [0.1, 0.15) is 5.56 Å². The van der Waals surface area contributed by atoms with E-state index in [0.29, 0.717) is 5.56 Å². The molecule has 0 aromatic heterocycles. The van der Waals surface area contributed by atoms with E-state index in [0.717, 1.165) is 0 Å². The topological polar surface area (TPSA) is 112 Å². The fourth-order valence-electron chi connectivity index (χ4n) is 1.21. The summed E-state index contributed by atoms with van der Waals surface area (Å²) in [6.07, 6.45) is -4.70. The third-order valence-electron chi connectivity index (χ3n) is 2.05. The average molecular weight is 289 g/mol. The van der Waals surface area contributed by atoms with Crippen LogP contribution in [0.3, 0.4) is 0 Å². The third-order valence-corrected chi connectivity index (χ3v) is 2.05. The summed E-state index contributed by atoms with van der Waals surface area (Å²) in [5, 5.41) is 0. The molecular formula is C11H14F3N5O. The Morgan fingerprint density at radius 1 is 1.05 bits per heavy atom. The van der Waals surface area contributed by atoms with Crippen molar-refractivity contribution in [3.63, 3.8) is 0 Å². The number of halogens is 3. The molecule has 0 unspecified atom stereocenters. The standard InChI is InChI=1S/C11H14F3N5O/c12-11(13,14)20-8-3-1-7(2-4-8)5-18-9(15)6-19-10(16)17/h1-4H,5-6H2,(H2,15,18)(H4,16,17,19). The van der Waals surface area contributed by atoms with Gasteiger partial charge in [-0.1, -0.05) is 12.1 Å². The molecule has 0 aliphatic carbocycles. The molecule has 1 aromatic carbocycles. The fourth-order valence-corrected chi connectivity index (χ4v) is 1.21. The molecule has 1 aromatic rings. The molecule has 110 valence electrons. The van der Waals surface area contributed by atoms with Crippen molar-refractivity contribution < 1.29 is 17.9 Å². The lowest BCUT2D eigenvalue weighted by Crippen LogP contribution is -2.26. The van der Waals surface area contributed by atoms with Crippen molar-refractivity contribution in [1.82, 2.24) is 0 Å². The number of rotatable bonds is 5. The second-order valence-corrected chi connectivity index (χ2v) is 3.74. The van der Waals surface area contributed by atoms with Gasteiger partial charge in [-0.2, -0.15) is 0 Å². The number of hydrogen-bond donors (Lipinski definition) is 3. The molecular weight excluding hydrogens is 275 g/mol. The average Bonchev–Trinajstić information content (AvgIpc) is 2.33. The molecule has 6 N–H and O–H groups in total. The van der Waals surface area contributed by atoms with Crippen molar-refractivity contribution in [2.75, 3.05) is 6.54 Å². The molecule has 0 bridgehead atoms. The van der Waals surface area contributed by atoms with Gasteiger partial charge in [-0.15, -0.1) is 13.2 Å². The Bertz CT molecular complexity index is 492. The predicted octanol–water partition coefficient (Wildman–Crippen LogP) is 0.716. The van der Waals surface area contributed by atoms with E-state index in [1.165, 1.54) is 24.3 Å². The second-order valence-electron chi connectivity index (χ2n) is 3.74. The lowest BCUT2D eigenvalue weighted by atomic mass is 10.2. The van der Waals surface area contributed by atoms with Gasteiger partial charge in [0, 0.05) is 0 Å². The first kappa shape index (κ1) is 15.6. The number of guanidine groups is 1. The van der Waals surface area contributed by atoms with Gasteiger partial charge in [-0.3, -0.25) is 4.99 Å². The smallest absolute Gasteiger partial charge is 0.406 e. The van der Waals surface area contributed by atoms with Gasteiger partial charge < -0.3 is 21.9 Å². The van der Waals surface area contributed by atoms with Gasteiger partial charge in [-0.05, 0) is 17.7 Å². The summed E-state index contributed by atoms with van der Waals surface area (Å²) in [7, 11) is 0. The minimum Gasteiger partial charge on any atom is -0.406 e. The Kier molecular flexibility index (Phi) is 5.18. The van der Waals surface area contributed by atoms with E-state index in [2.05, 4.69) is 14.7 Å². The number of hydrogen-bond acceptors (Lipinski definition) is 3. The highest BCUT2D eigenvalue weighted by molar-refractivity contribution is 5.85. The number of nitrogens with zero attached hydrogens (tertiary/aromatic N) is 2. The quantitative estimate of drug-likeness (QED) is 0.547. The molecule has 9 heteroatoms. The number of alkyl halides is 3. The zero-order valence-electron chi connectivity index (χ0n) is 10.4. The van der Waals surface area contributed by atoms with E-state index in [9.17, 15) is 13.2 Å². The van der Waals surface area contributed by atoms with E-state index in [-0.39, 0.29) is 30.6 Å². The number of nitrogens with two attached hydrogens (primary N) is 3. The monoisotopic (exact) mass is 289 g/mol. The van der Waals surface area contributed by atoms with Crippen LogP contribution in [0.5, 0.6) is 5.75 Å². The minimum atomic E-state index is -4.70. The van der Waals surface area contributed by atoms with Gasteiger partial charge in [0.25, 0.3) is 0 Å². The Morgan fingerprint density at radius 2 is 1.65 bits per heavy atom. The molecule has 0 saturated heterocycles. The number of ether oxygens (including phenoxy) is 1. The molecule has 1 rings (SSSR count). The van der Waals surface area contributed by atoms with E-state index in [1.807, 2.05) is 0 Å². The number of aliphatic imine (C=N–C) groups is 2. The molecule has 0 amide bonds. The summed E-state index contributed by atoms with van der Waals surface area (Å²) in [6, 6.07) is 5.31. The van der Waals surface area contributed by atoms with Crippen molar-refractivity contribution in [3.8, 4) is 5.75 Å². The Balaban J connectivity index is 2.57. The van der Waals surface area contributed by atoms with Crippen molar-refractivity contribution in [3.05, 3.63) is 29.8 Å². The van der Waals surface area contributed by atoms with Gasteiger partial charge in [0.05, 0.1) is 13.1 Å². The molecule has 0 spiro atoms. The number of amidine groups is 1. The van der Waals surface area contributed by atoms with E-state index >= 15 is 0 Å². The maximum absolute atomic E-state index is 12.0. The largest absolute Gasteiger partial charge is 0.573 e. The van der Waals surface area contributed by atoms with Crippen molar-refractivity contribution in [2.45, 2.75) is 12.9 Å². The van der Waals surface area contributed by atoms with E-state index in [4.69, 9.17) is 17.2 Å². The van der Waals surface area contributed by atoms with Gasteiger partial charge in [-0.25, -0.2) is 4.99 Å². The maximum atomic E-state index is 12.0. The predicted molar refractivity (Wildman–Crippen MR) is 69.1 cm³/mol. The lowest BCUT2D eigenvalue weighted by molar-refractivity contribution is -0.274. The van der Waals surface area contributed by atoms with Crippen molar-refractivity contribution in [1.29, 1.82) is 0 Å². The summed E-state index contributed by atoms with van der Waals surface area (Å²) in [6.45, 7) is 0.274. The Hall–Kier alpha value is -2.45. The normalized spacial score (nSPS) is 12.1. The molecule has 6 nitrogen and oxygen atoms in total. The maximum Gasteiger partial charge on any atom is 0.573 e. The third kappa shape index (κ3) is 6.47. The molecule has 0 radical (unpaired) electrons. The van der Waals surface area contributed by atoms with Gasteiger partial charge in [0.1, 0.15) is 11.6 Å². The fraction of sp³-hybridized carbons (Fsp3) is 0.273. The van der Waals surface area contributed by atoms with Crippen LogP contribution in [0.2, 0.25) is 0 Å².